The first-order chi connectivity index (χ1) is 16.2. The Kier molecular flexibility index (Phi) is 6.09. The molecule has 0 aliphatic carbocycles. The van der Waals surface area contributed by atoms with Crippen molar-refractivity contribution in [3.05, 3.63) is 125 Å². The number of aromatic nitrogens is 3. The quantitative estimate of drug-likeness (QED) is 0.349. The second-order valence-corrected chi connectivity index (χ2v) is 7.23. The lowest BCUT2D eigenvalue weighted by Gasteiger charge is -2.36. The van der Waals surface area contributed by atoms with Crippen molar-refractivity contribution in [1.29, 1.82) is 0 Å². The highest BCUT2D eigenvalue weighted by Crippen LogP contribution is 2.49. The molecule has 1 unspecified atom stereocenters. The fraction of sp³-hybridized carbons (Fsp3) is 0.0800. The molecule has 4 rings (SSSR count). The lowest BCUT2D eigenvalue weighted by Crippen LogP contribution is -2.45. The van der Waals surface area contributed by atoms with Crippen LogP contribution in [-0.2, 0) is 11.5 Å². The number of alkyl halides is 2. The van der Waals surface area contributed by atoms with Crippen LogP contribution in [0.15, 0.2) is 79.5 Å². The van der Waals surface area contributed by atoms with E-state index in [1.807, 2.05) is 0 Å². The Labute approximate surface area is 190 Å². The van der Waals surface area contributed by atoms with Gasteiger partial charge >= 0.3 is 5.92 Å². The first kappa shape index (κ1) is 23.0. The van der Waals surface area contributed by atoms with Crippen molar-refractivity contribution in [1.82, 2.24) is 15.0 Å². The van der Waals surface area contributed by atoms with E-state index in [0.29, 0.717) is 11.6 Å². The van der Waals surface area contributed by atoms with Crippen LogP contribution in [0.25, 0.3) is 0 Å². The highest BCUT2D eigenvalue weighted by Gasteiger charge is 2.58. The van der Waals surface area contributed by atoms with Gasteiger partial charge in [-0.25, -0.2) is 23.1 Å². The van der Waals surface area contributed by atoms with Crippen molar-refractivity contribution in [2.75, 3.05) is 0 Å². The average Bonchev–Trinajstić information content (AvgIpc) is 2.84. The summed E-state index contributed by atoms with van der Waals surface area (Å²) in [6.07, 6.45) is 3.93. The van der Waals surface area contributed by atoms with Gasteiger partial charge < -0.3 is 5.11 Å². The predicted octanol–water partition coefficient (Wildman–Crippen LogP) is 4.72. The fourth-order valence-corrected chi connectivity index (χ4v) is 3.29. The molecule has 0 saturated heterocycles. The van der Waals surface area contributed by atoms with Crippen molar-refractivity contribution in [2.45, 2.75) is 11.5 Å². The third-order valence-corrected chi connectivity index (χ3v) is 5.03. The summed E-state index contributed by atoms with van der Waals surface area (Å²) in [5.74, 6) is -1.54. The Hall–Kier alpha value is -4.16. The summed E-state index contributed by atoms with van der Waals surface area (Å²) < 4.78 is 72.6. The van der Waals surface area contributed by atoms with Crippen molar-refractivity contribution < 1.29 is 27.1 Å². The van der Waals surface area contributed by atoms with Gasteiger partial charge in [-0.1, -0.05) is 11.8 Å². The number of hydrogen-bond donors (Lipinski definition) is 1. The minimum absolute atomic E-state index is 0.267. The molecule has 0 spiro atoms. The van der Waals surface area contributed by atoms with Gasteiger partial charge in [-0.05, 0) is 48.5 Å². The largest absolute Gasteiger partial charge is 0.374 e. The number of aliphatic hydroxyl groups is 1. The monoisotopic (exact) mass is 467 g/mol. The number of halogens is 5. The topological polar surface area (TPSA) is 58.9 Å². The first-order valence-electron chi connectivity index (χ1n) is 9.77. The maximum Gasteiger partial charge on any atom is 0.326 e. The third-order valence-electron chi connectivity index (χ3n) is 5.03. The van der Waals surface area contributed by atoms with E-state index in [1.165, 1.54) is 30.3 Å². The molecule has 0 fully saturated rings. The van der Waals surface area contributed by atoms with E-state index in [4.69, 9.17) is 0 Å². The second-order valence-electron chi connectivity index (χ2n) is 7.23. The molecule has 0 amide bonds. The molecule has 0 aliphatic rings. The maximum absolute atomic E-state index is 15.8. The standard InChI is InChI=1S/C25H14F5N3O/c26-19-6-3-16(4-7-19)1-2-17-5-10-23(33-12-17)25(29,30)24(34,18-13-31-15-32-14-18)21-9-8-20(27)11-22(21)28/h3-15,34H. The van der Waals surface area contributed by atoms with E-state index < -0.39 is 45.8 Å². The predicted molar refractivity (Wildman–Crippen MR) is 112 cm³/mol. The molecule has 1 N–H and O–H groups in total. The van der Waals surface area contributed by atoms with Crippen LogP contribution in [0.2, 0.25) is 0 Å². The molecule has 34 heavy (non-hydrogen) atoms. The van der Waals surface area contributed by atoms with Gasteiger partial charge in [-0.3, -0.25) is 4.98 Å². The molecule has 0 saturated carbocycles. The van der Waals surface area contributed by atoms with Crippen LogP contribution in [0.1, 0.15) is 27.9 Å². The van der Waals surface area contributed by atoms with Crippen LogP contribution in [0.4, 0.5) is 22.0 Å². The number of pyridine rings is 1. The van der Waals surface area contributed by atoms with Crippen LogP contribution < -0.4 is 0 Å². The van der Waals surface area contributed by atoms with Crippen LogP contribution in [0.3, 0.4) is 0 Å². The van der Waals surface area contributed by atoms with Gasteiger partial charge in [0.2, 0.25) is 0 Å². The molecule has 2 heterocycles. The second kappa shape index (κ2) is 9.00. The Morgan fingerprint density at radius 1 is 0.735 bits per heavy atom. The normalized spacial score (nSPS) is 13.0. The Morgan fingerprint density at radius 3 is 1.97 bits per heavy atom. The highest BCUT2D eigenvalue weighted by molar-refractivity contribution is 5.44. The minimum Gasteiger partial charge on any atom is -0.374 e. The Bertz CT molecular complexity index is 1370. The maximum atomic E-state index is 15.8. The smallest absolute Gasteiger partial charge is 0.326 e. The zero-order valence-electron chi connectivity index (χ0n) is 17.2. The summed E-state index contributed by atoms with van der Waals surface area (Å²) in [7, 11) is 0. The molecule has 4 nitrogen and oxygen atoms in total. The van der Waals surface area contributed by atoms with Gasteiger partial charge in [0.25, 0.3) is 0 Å². The van der Waals surface area contributed by atoms with E-state index in [2.05, 4.69) is 26.8 Å². The molecule has 9 heteroatoms. The van der Waals surface area contributed by atoms with Gasteiger partial charge in [-0.2, -0.15) is 8.78 Å². The van der Waals surface area contributed by atoms with E-state index in [0.717, 1.165) is 43.1 Å². The Morgan fingerprint density at radius 2 is 1.35 bits per heavy atom. The van der Waals surface area contributed by atoms with Crippen LogP contribution >= 0.6 is 0 Å². The van der Waals surface area contributed by atoms with Crippen LogP contribution in [0, 0.1) is 29.3 Å². The summed E-state index contributed by atoms with van der Waals surface area (Å²) in [5.41, 5.74) is -4.83. The summed E-state index contributed by atoms with van der Waals surface area (Å²) >= 11 is 0. The van der Waals surface area contributed by atoms with Crippen molar-refractivity contribution in [3.8, 4) is 11.8 Å². The summed E-state index contributed by atoms with van der Waals surface area (Å²) in [5, 5.41) is 11.3. The van der Waals surface area contributed by atoms with Gasteiger partial charge in [-0.15, -0.1) is 0 Å². The molecule has 4 aromatic rings. The number of benzene rings is 2. The number of rotatable bonds is 4. The molecule has 170 valence electrons. The molecular formula is C25H14F5N3O. The van der Waals surface area contributed by atoms with Crippen LogP contribution in [-0.4, -0.2) is 20.1 Å². The van der Waals surface area contributed by atoms with E-state index >= 15 is 8.78 Å². The lowest BCUT2D eigenvalue weighted by atomic mass is 9.80. The van der Waals surface area contributed by atoms with Crippen molar-refractivity contribution in [3.63, 3.8) is 0 Å². The molecule has 2 aromatic carbocycles. The van der Waals surface area contributed by atoms with Gasteiger partial charge in [0, 0.05) is 46.9 Å². The van der Waals surface area contributed by atoms with E-state index in [-0.39, 0.29) is 5.56 Å². The molecular weight excluding hydrogens is 453 g/mol. The van der Waals surface area contributed by atoms with E-state index in [1.54, 1.807) is 0 Å². The zero-order valence-corrected chi connectivity index (χ0v) is 17.2. The van der Waals surface area contributed by atoms with Gasteiger partial charge in [0.1, 0.15) is 29.5 Å². The molecule has 2 aromatic heterocycles. The average molecular weight is 467 g/mol. The summed E-state index contributed by atoms with van der Waals surface area (Å²) in [6.45, 7) is 0. The number of nitrogens with zero attached hydrogens (tertiary/aromatic N) is 3. The first-order valence-corrected chi connectivity index (χ1v) is 9.77. The highest BCUT2D eigenvalue weighted by atomic mass is 19.3. The summed E-state index contributed by atoms with van der Waals surface area (Å²) in [4.78, 5) is 11.0. The summed E-state index contributed by atoms with van der Waals surface area (Å²) in [6, 6.07) is 9.43. The molecule has 1 atom stereocenters. The van der Waals surface area contributed by atoms with Crippen molar-refractivity contribution >= 4 is 0 Å². The molecule has 0 bridgehead atoms. The Balaban J connectivity index is 1.76. The van der Waals surface area contributed by atoms with Crippen LogP contribution in [0.5, 0.6) is 0 Å². The minimum atomic E-state index is -4.20. The number of hydrogen-bond acceptors (Lipinski definition) is 4. The zero-order chi connectivity index (χ0) is 24.3. The van der Waals surface area contributed by atoms with Gasteiger partial charge in [0.05, 0.1) is 0 Å². The third kappa shape index (κ3) is 4.23. The fourth-order valence-electron chi connectivity index (χ4n) is 3.29. The molecule has 0 radical (unpaired) electrons. The SMILES string of the molecule is OC(c1cncnc1)(c1ccc(F)cc1F)C(F)(F)c1ccc(C#Cc2ccc(F)cc2)cn1. The van der Waals surface area contributed by atoms with Crippen molar-refractivity contribution in [2.24, 2.45) is 0 Å². The van der Waals surface area contributed by atoms with E-state index in [9.17, 15) is 18.3 Å². The molecule has 0 aliphatic heterocycles. The van der Waals surface area contributed by atoms with Gasteiger partial charge in [0.15, 0.2) is 5.60 Å². The lowest BCUT2D eigenvalue weighted by molar-refractivity contribution is -0.175.